The Labute approximate surface area is 131 Å². The van der Waals surface area contributed by atoms with Gasteiger partial charge in [-0.15, -0.1) is 0 Å². The van der Waals surface area contributed by atoms with Crippen LogP contribution in [-0.4, -0.2) is 10.2 Å². The van der Waals surface area contributed by atoms with E-state index >= 15 is 0 Å². The topological polar surface area (TPSA) is 40.5 Å². The Morgan fingerprint density at radius 3 is 1.73 bits per heavy atom. The van der Waals surface area contributed by atoms with Crippen LogP contribution in [0, 0.1) is 5.41 Å². The summed E-state index contributed by atoms with van der Waals surface area (Å²) in [5, 5.41) is 19.1. The van der Waals surface area contributed by atoms with Crippen LogP contribution in [0.5, 0.6) is 11.5 Å². The molecule has 0 saturated heterocycles. The van der Waals surface area contributed by atoms with Gasteiger partial charge in [-0.2, -0.15) is 0 Å². The van der Waals surface area contributed by atoms with E-state index in [9.17, 15) is 10.2 Å². The van der Waals surface area contributed by atoms with Crippen LogP contribution >= 0.6 is 0 Å². The number of aromatic hydroxyl groups is 2. The van der Waals surface area contributed by atoms with Crippen molar-refractivity contribution in [2.24, 2.45) is 5.41 Å². The molecule has 0 aliphatic heterocycles. The van der Waals surface area contributed by atoms with Crippen LogP contribution in [0.4, 0.5) is 0 Å². The van der Waals surface area contributed by atoms with Gasteiger partial charge in [-0.3, -0.25) is 0 Å². The number of hydrogen-bond donors (Lipinski definition) is 2. The maximum absolute atomic E-state index is 9.56. The van der Waals surface area contributed by atoms with Gasteiger partial charge < -0.3 is 10.2 Å². The summed E-state index contributed by atoms with van der Waals surface area (Å²) < 4.78 is 0. The zero-order valence-electron chi connectivity index (χ0n) is 12.6. The number of benzene rings is 2. The van der Waals surface area contributed by atoms with Crippen molar-refractivity contribution in [3.63, 3.8) is 0 Å². The highest BCUT2D eigenvalue weighted by molar-refractivity contribution is 5.41. The van der Waals surface area contributed by atoms with Crippen molar-refractivity contribution in [3.8, 4) is 11.5 Å². The van der Waals surface area contributed by atoms with Crippen molar-refractivity contribution < 1.29 is 10.2 Å². The van der Waals surface area contributed by atoms with Gasteiger partial charge in [0.05, 0.1) is 0 Å². The first-order chi connectivity index (χ1) is 10.6. The molecule has 1 aliphatic rings. The molecular formula is C20H20O2. The molecule has 0 heterocycles. The number of allylic oxidation sites excluding steroid dienone is 4. The van der Waals surface area contributed by atoms with Crippen LogP contribution in [0.25, 0.3) is 0 Å². The molecule has 1 atom stereocenters. The Bertz CT molecular complexity index is 650. The van der Waals surface area contributed by atoms with Gasteiger partial charge in [0, 0.05) is 11.3 Å². The molecule has 0 fully saturated rings. The lowest BCUT2D eigenvalue weighted by Gasteiger charge is -2.37. The van der Waals surface area contributed by atoms with Crippen molar-refractivity contribution in [2.75, 3.05) is 0 Å². The van der Waals surface area contributed by atoms with Gasteiger partial charge in [-0.05, 0) is 41.8 Å². The fourth-order valence-electron chi connectivity index (χ4n) is 3.25. The van der Waals surface area contributed by atoms with Crippen LogP contribution in [0.3, 0.4) is 0 Å². The summed E-state index contributed by atoms with van der Waals surface area (Å²) in [7, 11) is 0. The van der Waals surface area contributed by atoms with Gasteiger partial charge in [0.25, 0.3) is 0 Å². The monoisotopic (exact) mass is 292 g/mol. The Morgan fingerprint density at radius 2 is 1.32 bits per heavy atom. The fourth-order valence-corrected chi connectivity index (χ4v) is 3.25. The zero-order valence-corrected chi connectivity index (χ0v) is 12.6. The average Bonchev–Trinajstić information content (AvgIpc) is 2.52. The van der Waals surface area contributed by atoms with Gasteiger partial charge in [-0.1, -0.05) is 55.5 Å². The summed E-state index contributed by atoms with van der Waals surface area (Å²) in [5.74, 6) is 0.713. The molecule has 0 spiro atoms. The molecular weight excluding hydrogens is 272 g/mol. The van der Waals surface area contributed by atoms with Crippen molar-refractivity contribution in [1.29, 1.82) is 0 Å². The van der Waals surface area contributed by atoms with Gasteiger partial charge in [-0.25, -0.2) is 0 Å². The largest absolute Gasteiger partial charge is 0.508 e. The fraction of sp³-hybridized carbons (Fsp3) is 0.200. The normalized spacial score (nSPS) is 20.5. The van der Waals surface area contributed by atoms with Crippen molar-refractivity contribution in [3.05, 3.63) is 84.0 Å². The average molecular weight is 292 g/mol. The molecule has 0 amide bonds. The summed E-state index contributed by atoms with van der Waals surface area (Å²) in [5.41, 5.74) is 2.28. The summed E-state index contributed by atoms with van der Waals surface area (Å²) >= 11 is 0. The maximum Gasteiger partial charge on any atom is 0.115 e. The zero-order chi connectivity index (χ0) is 15.6. The quantitative estimate of drug-likeness (QED) is 0.857. The molecule has 2 nitrogen and oxygen atoms in total. The van der Waals surface area contributed by atoms with Crippen LogP contribution in [0.15, 0.2) is 72.8 Å². The first-order valence-corrected chi connectivity index (χ1v) is 7.51. The Kier molecular flexibility index (Phi) is 3.76. The summed E-state index contributed by atoms with van der Waals surface area (Å²) in [6, 6.07) is 14.8. The molecule has 2 aromatic carbocycles. The van der Waals surface area contributed by atoms with E-state index in [0.29, 0.717) is 0 Å². The molecule has 112 valence electrons. The third-order valence-electron chi connectivity index (χ3n) is 4.39. The summed E-state index contributed by atoms with van der Waals surface area (Å²) in [4.78, 5) is 0. The van der Waals surface area contributed by atoms with Gasteiger partial charge in [0.1, 0.15) is 11.5 Å². The van der Waals surface area contributed by atoms with Crippen LogP contribution < -0.4 is 0 Å². The summed E-state index contributed by atoms with van der Waals surface area (Å²) in [6.07, 6.45) is 9.56. The molecule has 0 radical (unpaired) electrons. The van der Waals surface area contributed by atoms with E-state index in [4.69, 9.17) is 0 Å². The molecule has 3 rings (SSSR count). The molecule has 0 saturated carbocycles. The van der Waals surface area contributed by atoms with Crippen LogP contribution in [0.1, 0.15) is 30.4 Å². The standard InChI is InChI=1S/C20H20O2/c1-20(13-3-2-4-14-20)19(15-5-9-17(21)10-6-15)16-7-11-18(22)12-8-16/h2-13,19,21-22H,14H2,1H3/t20-/m1/s1. The minimum atomic E-state index is -0.0390. The highest BCUT2D eigenvalue weighted by Crippen LogP contribution is 2.46. The molecule has 0 bridgehead atoms. The van der Waals surface area contributed by atoms with E-state index in [0.717, 1.165) is 17.5 Å². The first-order valence-electron chi connectivity index (χ1n) is 7.51. The van der Waals surface area contributed by atoms with Crippen molar-refractivity contribution >= 4 is 0 Å². The van der Waals surface area contributed by atoms with Crippen molar-refractivity contribution in [2.45, 2.75) is 19.3 Å². The second-order valence-electron chi connectivity index (χ2n) is 6.11. The van der Waals surface area contributed by atoms with E-state index in [2.05, 4.69) is 31.2 Å². The second kappa shape index (κ2) is 5.72. The molecule has 22 heavy (non-hydrogen) atoms. The third-order valence-corrected chi connectivity index (χ3v) is 4.39. The van der Waals surface area contributed by atoms with E-state index in [-0.39, 0.29) is 22.8 Å². The smallest absolute Gasteiger partial charge is 0.115 e. The van der Waals surface area contributed by atoms with Crippen LogP contribution in [0.2, 0.25) is 0 Å². The van der Waals surface area contributed by atoms with Gasteiger partial charge in [0.2, 0.25) is 0 Å². The lowest BCUT2D eigenvalue weighted by atomic mass is 9.67. The maximum atomic E-state index is 9.56. The SMILES string of the molecule is C[C@@]1(C(c2ccc(O)cc2)c2ccc(O)cc2)C=CC=CC1. The van der Waals surface area contributed by atoms with E-state index < -0.39 is 0 Å². The third kappa shape index (κ3) is 2.77. The molecule has 2 aromatic rings. The predicted octanol–water partition coefficient (Wildman–Crippen LogP) is 4.75. The van der Waals surface area contributed by atoms with Crippen LogP contribution in [-0.2, 0) is 0 Å². The van der Waals surface area contributed by atoms with E-state index in [1.807, 2.05) is 24.3 Å². The molecule has 2 N–H and O–H groups in total. The highest BCUT2D eigenvalue weighted by atomic mass is 16.3. The Morgan fingerprint density at radius 1 is 0.818 bits per heavy atom. The van der Waals surface area contributed by atoms with Gasteiger partial charge in [0.15, 0.2) is 0 Å². The Balaban J connectivity index is 2.09. The van der Waals surface area contributed by atoms with E-state index in [1.54, 1.807) is 24.3 Å². The highest BCUT2D eigenvalue weighted by Gasteiger charge is 2.34. The Hall–Kier alpha value is -2.48. The second-order valence-corrected chi connectivity index (χ2v) is 6.11. The molecule has 2 heteroatoms. The first kappa shape index (κ1) is 14.5. The van der Waals surface area contributed by atoms with Crippen molar-refractivity contribution in [1.82, 2.24) is 0 Å². The number of phenolic OH excluding ortho intramolecular Hbond substituents is 2. The number of phenols is 2. The molecule has 1 aliphatic carbocycles. The minimum absolute atomic E-state index is 0.0390. The van der Waals surface area contributed by atoms with Gasteiger partial charge >= 0.3 is 0 Å². The summed E-state index contributed by atoms with van der Waals surface area (Å²) in [6.45, 7) is 2.25. The van der Waals surface area contributed by atoms with E-state index in [1.165, 1.54) is 0 Å². The lowest BCUT2D eigenvalue weighted by molar-refractivity contribution is 0.373. The predicted molar refractivity (Wildman–Crippen MR) is 89.1 cm³/mol. The molecule has 0 aromatic heterocycles. The number of rotatable bonds is 3. The number of hydrogen-bond acceptors (Lipinski definition) is 2. The lowest BCUT2D eigenvalue weighted by Crippen LogP contribution is -2.25. The molecule has 0 unspecified atom stereocenters. The minimum Gasteiger partial charge on any atom is -0.508 e.